The predicted octanol–water partition coefficient (Wildman–Crippen LogP) is 3.18. The summed E-state index contributed by atoms with van der Waals surface area (Å²) in [6.07, 6.45) is 2.39. The zero-order valence-corrected chi connectivity index (χ0v) is 11.3. The molecule has 1 saturated carbocycles. The van der Waals surface area contributed by atoms with Gasteiger partial charge < -0.3 is 10.1 Å². The molecular weight excluding hydrogens is 265 g/mol. The molecule has 1 heterocycles. The van der Waals surface area contributed by atoms with E-state index in [1.807, 2.05) is 6.07 Å². The van der Waals surface area contributed by atoms with E-state index in [4.69, 9.17) is 4.74 Å². The molecule has 0 atom stereocenters. The summed E-state index contributed by atoms with van der Waals surface area (Å²) in [6, 6.07) is 4.93. The van der Waals surface area contributed by atoms with Crippen molar-refractivity contribution in [2.45, 2.75) is 25.3 Å². The highest BCUT2D eigenvalue weighted by Gasteiger charge is 2.27. The minimum Gasteiger partial charge on any atom is -0.494 e. The van der Waals surface area contributed by atoms with Gasteiger partial charge in [0.25, 0.3) is 0 Å². The van der Waals surface area contributed by atoms with Gasteiger partial charge in [0.15, 0.2) is 11.6 Å². The van der Waals surface area contributed by atoms with E-state index in [0.717, 1.165) is 16.5 Å². The Bertz CT molecular complexity index is 583. The fourth-order valence-electron chi connectivity index (χ4n) is 1.81. The maximum Gasteiger partial charge on any atom is 0.202 e. The van der Waals surface area contributed by atoms with E-state index in [9.17, 15) is 4.39 Å². The molecule has 0 radical (unpaired) electrons. The number of anilines is 1. The van der Waals surface area contributed by atoms with Gasteiger partial charge in [-0.2, -0.15) is 4.37 Å². The quantitative estimate of drug-likeness (QED) is 0.913. The lowest BCUT2D eigenvalue weighted by Crippen LogP contribution is -2.00. The predicted molar refractivity (Wildman–Crippen MR) is 72.2 cm³/mol. The minimum atomic E-state index is -0.349. The molecular formula is C13H14FN3OS. The van der Waals surface area contributed by atoms with Crippen LogP contribution in [0.4, 0.5) is 9.52 Å². The van der Waals surface area contributed by atoms with Crippen molar-refractivity contribution in [2.24, 2.45) is 0 Å². The first-order valence-corrected chi connectivity index (χ1v) is 6.93. The summed E-state index contributed by atoms with van der Waals surface area (Å²) >= 11 is 1.36. The summed E-state index contributed by atoms with van der Waals surface area (Å²) in [4.78, 5) is 4.42. The van der Waals surface area contributed by atoms with E-state index >= 15 is 0 Å². The van der Waals surface area contributed by atoms with E-state index < -0.39 is 0 Å². The van der Waals surface area contributed by atoms with Crippen molar-refractivity contribution in [1.82, 2.24) is 9.36 Å². The molecule has 3 rings (SSSR count). The van der Waals surface area contributed by atoms with Crippen molar-refractivity contribution in [3.63, 3.8) is 0 Å². The Labute approximate surface area is 114 Å². The lowest BCUT2D eigenvalue weighted by atomic mass is 10.2. The summed E-state index contributed by atoms with van der Waals surface area (Å²) in [7, 11) is 1.46. The molecule has 1 N–H and O–H groups in total. The Morgan fingerprint density at radius 1 is 1.47 bits per heavy atom. The number of ether oxygens (including phenoxy) is 1. The summed E-state index contributed by atoms with van der Waals surface area (Å²) in [5.41, 5.74) is 0.849. The highest BCUT2D eigenvalue weighted by Crippen LogP contribution is 2.39. The number of hydrogen-bond acceptors (Lipinski definition) is 5. The number of benzene rings is 1. The SMILES string of the molecule is COc1ccc(CNc2nc(C3CC3)ns2)cc1F. The molecule has 2 aromatic rings. The van der Waals surface area contributed by atoms with Crippen LogP contribution in [0.3, 0.4) is 0 Å². The fraction of sp³-hybridized carbons (Fsp3) is 0.385. The molecule has 0 amide bonds. The molecule has 0 saturated heterocycles. The van der Waals surface area contributed by atoms with Crippen LogP contribution in [0.25, 0.3) is 0 Å². The van der Waals surface area contributed by atoms with E-state index in [2.05, 4.69) is 14.7 Å². The number of nitrogens with one attached hydrogen (secondary N) is 1. The number of methoxy groups -OCH3 is 1. The van der Waals surface area contributed by atoms with Gasteiger partial charge in [-0.1, -0.05) is 6.07 Å². The fourth-order valence-corrected chi connectivity index (χ4v) is 2.45. The van der Waals surface area contributed by atoms with Gasteiger partial charge in [0, 0.05) is 24.0 Å². The zero-order chi connectivity index (χ0) is 13.2. The van der Waals surface area contributed by atoms with Gasteiger partial charge in [0.1, 0.15) is 5.82 Å². The van der Waals surface area contributed by atoms with Crippen LogP contribution in [0.15, 0.2) is 18.2 Å². The van der Waals surface area contributed by atoms with Crippen LogP contribution in [0, 0.1) is 5.82 Å². The van der Waals surface area contributed by atoms with Crippen molar-refractivity contribution in [3.8, 4) is 5.75 Å². The molecule has 1 aliphatic carbocycles. The van der Waals surface area contributed by atoms with Crippen LogP contribution in [0.1, 0.15) is 30.1 Å². The van der Waals surface area contributed by atoms with Crippen molar-refractivity contribution >= 4 is 16.7 Å². The maximum atomic E-state index is 13.5. The highest BCUT2D eigenvalue weighted by molar-refractivity contribution is 7.09. The third-order valence-electron chi connectivity index (χ3n) is 3.04. The highest BCUT2D eigenvalue weighted by atomic mass is 32.1. The third-order valence-corrected chi connectivity index (χ3v) is 3.73. The maximum absolute atomic E-state index is 13.5. The number of halogens is 1. The first-order chi connectivity index (χ1) is 9.26. The second kappa shape index (κ2) is 5.13. The molecule has 1 aromatic heterocycles. The monoisotopic (exact) mass is 279 g/mol. The van der Waals surface area contributed by atoms with Crippen LogP contribution >= 0.6 is 11.5 Å². The summed E-state index contributed by atoms with van der Waals surface area (Å²) in [5, 5.41) is 3.96. The smallest absolute Gasteiger partial charge is 0.202 e. The molecule has 4 nitrogen and oxygen atoms in total. The Balaban J connectivity index is 1.62. The van der Waals surface area contributed by atoms with E-state index in [1.54, 1.807) is 6.07 Å². The molecule has 100 valence electrons. The average Bonchev–Trinajstić information content (AvgIpc) is 3.16. The standard InChI is InChI=1S/C13H14FN3OS/c1-18-11-5-2-8(6-10(11)14)7-15-13-16-12(17-19-13)9-3-4-9/h2,5-6,9H,3-4,7H2,1H3,(H,15,16,17). The minimum absolute atomic E-state index is 0.260. The normalized spacial score (nSPS) is 14.4. The van der Waals surface area contributed by atoms with Gasteiger partial charge in [-0.25, -0.2) is 9.37 Å². The van der Waals surface area contributed by atoms with Crippen molar-refractivity contribution in [2.75, 3.05) is 12.4 Å². The van der Waals surface area contributed by atoms with Crippen LogP contribution < -0.4 is 10.1 Å². The number of aromatic nitrogens is 2. The second-order valence-electron chi connectivity index (χ2n) is 4.55. The van der Waals surface area contributed by atoms with Crippen LogP contribution in [0.5, 0.6) is 5.75 Å². The Hall–Kier alpha value is -1.69. The van der Waals surface area contributed by atoms with Gasteiger partial charge in [0.05, 0.1) is 7.11 Å². The first-order valence-electron chi connectivity index (χ1n) is 6.16. The summed E-state index contributed by atoms with van der Waals surface area (Å²) in [5.74, 6) is 1.41. The summed E-state index contributed by atoms with van der Waals surface area (Å²) in [6.45, 7) is 0.528. The van der Waals surface area contributed by atoms with E-state index in [1.165, 1.54) is 37.6 Å². The molecule has 0 bridgehead atoms. The lowest BCUT2D eigenvalue weighted by molar-refractivity contribution is 0.386. The zero-order valence-electron chi connectivity index (χ0n) is 10.5. The molecule has 19 heavy (non-hydrogen) atoms. The molecule has 1 aliphatic rings. The van der Waals surface area contributed by atoms with Crippen molar-refractivity contribution in [3.05, 3.63) is 35.4 Å². The number of rotatable bonds is 5. The molecule has 6 heteroatoms. The van der Waals surface area contributed by atoms with E-state index in [0.29, 0.717) is 12.5 Å². The topological polar surface area (TPSA) is 47.0 Å². The van der Waals surface area contributed by atoms with Gasteiger partial charge in [0.2, 0.25) is 5.13 Å². The van der Waals surface area contributed by atoms with Gasteiger partial charge >= 0.3 is 0 Å². The van der Waals surface area contributed by atoms with Gasteiger partial charge in [-0.15, -0.1) is 0 Å². The number of hydrogen-bond donors (Lipinski definition) is 1. The van der Waals surface area contributed by atoms with Gasteiger partial charge in [-0.05, 0) is 30.5 Å². The van der Waals surface area contributed by atoms with Crippen LogP contribution in [0.2, 0.25) is 0 Å². The van der Waals surface area contributed by atoms with Crippen molar-refractivity contribution < 1.29 is 9.13 Å². The van der Waals surface area contributed by atoms with Crippen molar-refractivity contribution in [1.29, 1.82) is 0 Å². The Morgan fingerprint density at radius 3 is 3.00 bits per heavy atom. The molecule has 0 spiro atoms. The Morgan fingerprint density at radius 2 is 2.32 bits per heavy atom. The Kier molecular flexibility index (Phi) is 3.33. The van der Waals surface area contributed by atoms with E-state index in [-0.39, 0.29) is 11.6 Å². The van der Waals surface area contributed by atoms with Crippen LogP contribution in [-0.2, 0) is 6.54 Å². The molecule has 0 unspecified atom stereocenters. The second-order valence-corrected chi connectivity index (χ2v) is 5.31. The lowest BCUT2D eigenvalue weighted by Gasteiger charge is -2.05. The van der Waals surface area contributed by atoms with Crippen LogP contribution in [-0.4, -0.2) is 16.5 Å². The first kappa shape index (κ1) is 12.3. The van der Waals surface area contributed by atoms with Gasteiger partial charge in [-0.3, -0.25) is 0 Å². The number of nitrogens with zero attached hydrogens (tertiary/aromatic N) is 2. The molecule has 0 aliphatic heterocycles. The summed E-state index contributed by atoms with van der Waals surface area (Å²) < 4.78 is 22.7. The average molecular weight is 279 g/mol. The molecule has 1 aromatic carbocycles. The largest absolute Gasteiger partial charge is 0.494 e. The molecule has 1 fully saturated rings. The third kappa shape index (κ3) is 2.84.